The van der Waals surface area contributed by atoms with Gasteiger partial charge < -0.3 is 10.6 Å². The molecule has 29 heavy (non-hydrogen) atoms. The predicted molar refractivity (Wildman–Crippen MR) is 116 cm³/mol. The normalized spacial score (nSPS) is 10.9. The van der Waals surface area contributed by atoms with Gasteiger partial charge in [-0.1, -0.05) is 44.2 Å². The summed E-state index contributed by atoms with van der Waals surface area (Å²) in [6, 6.07) is 17.6. The molecule has 0 saturated carbocycles. The fourth-order valence-electron chi connectivity index (χ4n) is 3.00. The van der Waals surface area contributed by atoms with Crippen molar-refractivity contribution < 1.29 is 4.79 Å². The van der Waals surface area contributed by atoms with Crippen molar-refractivity contribution in [2.45, 2.75) is 19.8 Å². The SMILES string of the molecule is CC(C)c1ccc(NC(=O)c2cnc(Nc3cccc4cccnc34)cn2)cc1. The molecular formula is C23H21N5O. The minimum Gasteiger partial charge on any atom is -0.337 e. The lowest BCUT2D eigenvalue weighted by molar-refractivity contribution is 0.102. The molecule has 0 radical (unpaired) electrons. The van der Waals surface area contributed by atoms with E-state index in [9.17, 15) is 4.79 Å². The molecule has 0 aliphatic rings. The van der Waals surface area contributed by atoms with Crippen LogP contribution < -0.4 is 10.6 Å². The smallest absolute Gasteiger partial charge is 0.275 e. The summed E-state index contributed by atoms with van der Waals surface area (Å²) in [5.41, 5.74) is 3.88. The Bertz CT molecular complexity index is 1130. The summed E-state index contributed by atoms with van der Waals surface area (Å²) in [5.74, 6) is 0.691. The Morgan fingerprint density at radius 3 is 2.41 bits per heavy atom. The predicted octanol–water partition coefficient (Wildman–Crippen LogP) is 5.14. The molecule has 144 valence electrons. The van der Waals surface area contributed by atoms with Gasteiger partial charge in [-0.15, -0.1) is 0 Å². The van der Waals surface area contributed by atoms with Gasteiger partial charge in [0.2, 0.25) is 0 Å². The van der Waals surface area contributed by atoms with E-state index in [1.165, 1.54) is 11.8 Å². The molecule has 0 bridgehead atoms. The van der Waals surface area contributed by atoms with Crippen molar-refractivity contribution >= 4 is 34.0 Å². The third-order valence-electron chi connectivity index (χ3n) is 4.62. The molecule has 1 amide bonds. The number of carbonyl (C=O) groups excluding carboxylic acids is 1. The average Bonchev–Trinajstić information content (AvgIpc) is 2.75. The highest BCUT2D eigenvalue weighted by molar-refractivity contribution is 6.02. The van der Waals surface area contributed by atoms with Gasteiger partial charge in [-0.25, -0.2) is 9.97 Å². The summed E-state index contributed by atoms with van der Waals surface area (Å²) in [4.78, 5) is 25.4. The minimum atomic E-state index is -0.298. The standard InChI is InChI=1S/C23H21N5O/c1-15(2)16-8-10-18(11-9-16)27-23(29)20-13-26-21(14-25-20)28-19-7-3-5-17-6-4-12-24-22(17)19/h3-15H,1-2H3,(H,26,28)(H,27,29). The molecule has 4 rings (SSSR count). The zero-order valence-electron chi connectivity index (χ0n) is 16.3. The Kier molecular flexibility index (Phi) is 5.16. The first-order valence-corrected chi connectivity index (χ1v) is 9.44. The first-order chi connectivity index (χ1) is 14.1. The van der Waals surface area contributed by atoms with Crippen LogP contribution in [0.4, 0.5) is 17.2 Å². The maximum absolute atomic E-state index is 12.4. The van der Waals surface area contributed by atoms with Crippen LogP contribution >= 0.6 is 0 Å². The van der Waals surface area contributed by atoms with Crippen LogP contribution in [0.3, 0.4) is 0 Å². The first kappa shape index (κ1) is 18.6. The summed E-state index contributed by atoms with van der Waals surface area (Å²) in [7, 11) is 0. The van der Waals surface area contributed by atoms with Gasteiger partial charge >= 0.3 is 0 Å². The first-order valence-electron chi connectivity index (χ1n) is 9.44. The molecule has 2 N–H and O–H groups in total. The van der Waals surface area contributed by atoms with Crippen LogP contribution in [0.25, 0.3) is 10.9 Å². The van der Waals surface area contributed by atoms with Crippen molar-refractivity contribution in [2.75, 3.05) is 10.6 Å². The number of para-hydroxylation sites is 1. The highest BCUT2D eigenvalue weighted by Gasteiger charge is 2.10. The van der Waals surface area contributed by atoms with Gasteiger partial charge in [-0.2, -0.15) is 0 Å². The molecule has 0 aliphatic heterocycles. The second kappa shape index (κ2) is 8.06. The van der Waals surface area contributed by atoms with Crippen LogP contribution in [-0.4, -0.2) is 20.9 Å². The molecule has 2 heterocycles. The third kappa shape index (κ3) is 4.21. The second-order valence-corrected chi connectivity index (χ2v) is 7.02. The molecule has 0 unspecified atom stereocenters. The van der Waals surface area contributed by atoms with E-state index in [1.807, 2.05) is 54.6 Å². The lowest BCUT2D eigenvalue weighted by atomic mass is 10.0. The Morgan fingerprint density at radius 1 is 0.897 bits per heavy atom. The van der Waals surface area contributed by atoms with Gasteiger partial charge in [0, 0.05) is 17.3 Å². The molecule has 2 aromatic carbocycles. The number of hydrogen-bond donors (Lipinski definition) is 2. The minimum absolute atomic E-state index is 0.250. The largest absolute Gasteiger partial charge is 0.337 e. The van der Waals surface area contributed by atoms with Crippen LogP contribution in [0.2, 0.25) is 0 Å². The summed E-state index contributed by atoms with van der Waals surface area (Å²) in [6.45, 7) is 4.26. The van der Waals surface area contributed by atoms with Crippen LogP contribution in [0.5, 0.6) is 0 Å². The number of rotatable bonds is 5. The fourth-order valence-corrected chi connectivity index (χ4v) is 3.00. The van der Waals surface area contributed by atoms with E-state index in [4.69, 9.17) is 0 Å². The van der Waals surface area contributed by atoms with E-state index >= 15 is 0 Å². The molecule has 0 saturated heterocycles. The van der Waals surface area contributed by atoms with Crippen LogP contribution in [0.1, 0.15) is 35.8 Å². The quantitative estimate of drug-likeness (QED) is 0.498. The van der Waals surface area contributed by atoms with Gasteiger partial charge in [0.15, 0.2) is 0 Å². The highest BCUT2D eigenvalue weighted by Crippen LogP contribution is 2.23. The second-order valence-electron chi connectivity index (χ2n) is 7.02. The molecule has 2 aromatic heterocycles. The van der Waals surface area contributed by atoms with Crippen LogP contribution in [-0.2, 0) is 0 Å². The number of hydrogen-bond acceptors (Lipinski definition) is 5. The topological polar surface area (TPSA) is 79.8 Å². The molecule has 6 nitrogen and oxygen atoms in total. The number of carbonyl (C=O) groups is 1. The van der Waals surface area contributed by atoms with Crippen molar-refractivity contribution in [2.24, 2.45) is 0 Å². The van der Waals surface area contributed by atoms with E-state index in [-0.39, 0.29) is 11.6 Å². The molecule has 0 fully saturated rings. The van der Waals surface area contributed by atoms with Crippen molar-refractivity contribution in [1.29, 1.82) is 0 Å². The molecule has 4 aromatic rings. The number of benzene rings is 2. The lowest BCUT2D eigenvalue weighted by Crippen LogP contribution is -2.14. The van der Waals surface area contributed by atoms with Crippen molar-refractivity contribution in [3.8, 4) is 0 Å². The molecule has 0 atom stereocenters. The maximum atomic E-state index is 12.4. The number of nitrogens with one attached hydrogen (secondary N) is 2. The van der Waals surface area contributed by atoms with E-state index in [1.54, 1.807) is 12.4 Å². The van der Waals surface area contributed by atoms with Crippen LogP contribution in [0, 0.1) is 0 Å². The van der Waals surface area contributed by atoms with Gasteiger partial charge in [0.25, 0.3) is 5.91 Å². The number of aromatic nitrogens is 3. The third-order valence-corrected chi connectivity index (χ3v) is 4.62. The Labute approximate surface area is 169 Å². The van der Waals surface area contributed by atoms with Gasteiger partial charge in [0.05, 0.1) is 23.6 Å². The summed E-state index contributed by atoms with van der Waals surface area (Å²) >= 11 is 0. The van der Waals surface area contributed by atoms with Gasteiger partial charge in [0.1, 0.15) is 11.5 Å². The number of anilines is 3. The zero-order chi connectivity index (χ0) is 20.2. The monoisotopic (exact) mass is 383 g/mol. The van der Waals surface area contributed by atoms with Gasteiger partial charge in [-0.3, -0.25) is 9.78 Å². The lowest BCUT2D eigenvalue weighted by Gasteiger charge is -2.09. The Balaban J connectivity index is 1.46. The number of amides is 1. The van der Waals surface area contributed by atoms with Crippen molar-refractivity contribution in [3.63, 3.8) is 0 Å². The van der Waals surface area contributed by atoms with Crippen molar-refractivity contribution in [1.82, 2.24) is 15.0 Å². The average molecular weight is 383 g/mol. The molecule has 0 aliphatic carbocycles. The Hall–Kier alpha value is -3.80. The van der Waals surface area contributed by atoms with E-state index in [2.05, 4.69) is 39.4 Å². The number of pyridine rings is 1. The van der Waals surface area contributed by atoms with E-state index < -0.39 is 0 Å². The summed E-state index contributed by atoms with van der Waals surface area (Å²) in [5, 5.41) is 7.09. The summed E-state index contributed by atoms with van der Waals surface area (Å²) in [6.07, 6.45) is 4.75. The number of fused-ring (bicyclic) bond motifs is 1. The van der Waals surface area contributed by atoms with Crippen molar-refractivity contribution in [3.05, 3.63) is 84.4 Å². The maximum Gasteiger partial charge on any atom is 0.275 e. The van der Waals surface area contributed by atoms with Gasteiger partial charge in [-0.05, 0) is 35.7 Å². The molecular weight excluding hydrogens is 362 g/mol. The van der Waals surface area contributed by atoms with E-state index in [0.717, 1.165) is 22.3 Å². The fraction of sp³-hybridized carbons (Fsp3) is 0.130. The number of nitrogens with zero attached hydrogens (tertiary/aromatic N) is 3. The Morgan fingerprint density at radius 2 is 1.69 bits per heavy atom. The summed E-state index contributed by atoms with van der Waals surface area (Å²) < 4.78 is 0. The molecule has 0 spiro atoms. The zero-order valence-corrected chi connectivity index (χ0v) is 16.3. The van der Waals surface area contributed by atoms with Crippen LogP contribution in [0.15, 0.2) is 73.2 Å². The van der Waals surface area contributed by atoms with E-state index in [0.29, 0.717) is 11.7 Å². The molecule has 6 heteroatoms. The highest BCUT2D eigenvalue weighted by atomic mass is 16.1.